The fraction of sp³-hybridized carbons (Fsp3) is 0.273. The molecule has 40 heavy (non-hydrogen) atoms. The summed E-state index contributed by atoms with van der Waals surface area (Å²) in [7, 11) is 0. The van der Waals surface area contributed by atoms with Crippen LogP contribution in [-0.4, -0.2) is 22.5 Å². The van der Waals surface area contributed by atoms with Gasteiger partial charge in [0, 0.05) is 30.5 Å². The summed E-state index contributed by atoms with van der Waals surface area (Å²) in [5.74, 6) is 3.16. The number of aliphatic hydroxyl groups is 1. The van der Waals surface area contributed by atoms with Crippen LogP contribution >= 0.6 is 0 Å². The zero-order valence-corrected chi connectivity index (χ0v) is 23.1. The highest BCUT2D eigenvalue weighted by Gasteiger charge is 2.26. The van der Waals surface area contributed by atoms with Gasteiger partial charge in [-0.2, -0.15) is 0 Å². The molecule has 1 aliphatic carbocycles. The Bertz CT molecular complexity index is 1430. The predicted octanol–water partition coefficient (Wildman–Crippen LogP) is 7.72. The molecule has 1 heterocycles. The minimum absolute atomic E-state index is 0. The molecule has 0 saturated heterocycles. The van der Waals surface area contributed by atoms with Crippen LogP contribution < -0.4 is 5.32 Å². The van der Waals surface area contributed by atoms with Crippen molar-refractivity contribution in [1.29, 1.82) is 0 Å². The Labute approximate surface area is 236 Å². The number of aliphatic hydroxyl groups excluding tert-OH is 1. The monoisotopic (exact) mass is 547 g/mol. The Kier molecular flexibility index (Phi) is 12.7. The maximum absolute atomic E-state index is 15.0. The minimum atomic E-state index is -0.681. The molecule has 1 aromatic carbocycles. The maximum atomic E-state index is 15.0. The number of terminal acetylenes is 2. The van der Waals surface area contributed by atoms with Crippen molar-refractivity contribution >= 4 is 11.4 Å². The molecular weight excluding hydrogens is 511 g/mol. The number of nitrogens with one attached hydrogen (secondary N) is 1. The van der Waals surface area contributed by atoms with Crippen LogP contribution in [0.4, 0.5) is 18.9 Å². The fourth-order valence-corrected chi connectivity index (χ4v) is 4.36. The number of allylic oxidation sites excluding steroid dienone is 6. The van der Waals surface area contributed by atoms with E-state index < -0.39 is 18.4 Å². The van der Waals surface area contributed by atoms with Crippen molar-refractivity contribution in [3.05, 3.63) is 106 Å². The van der Waals surface area contributed by atoms with E-state index in [-0.39, 0.29) is 24.4 Å². The van der Waals surface area contributed by atoms with Gasteiger partial charge in [0.1, 0.15) is 18.4 Å². The molecule has 0 unspecified atom stereocenters. The Balaban J connectivity index is 0.000000714. The molecular formula is C33H36F3N3O. The van der Waals surface area contributed by atoms with Crippen LogP contribution in [0.25, 0.3) is 0 Å². The van der Waals surface area contributed by atoms with Crippen molar-refractivity contribution in [2.75, 3.05) is 12.0 Å². The van der Waals surface area contributed by atoms with E-state index in [0.29, 0.717) is 37.0 Å². The van der Waals surface area contributed by atoms with Crippen LogP contribution in [0.15, 0.2) is 77.1 Å². The van der Waals surface area contributed by atoms with Gasteiger partial charge in [-0.3, -0.25) is 9.98 Å². The molecule has 4 nitrogen and oxygen atoms in total. The van der Waals surface area contributed by atoms with Crippen molar-refractivity contribution in [1.82, 2.24) is 4.98 Å². The van der Waals surface area contributed by atoms with Gasteiger partial charge < -0.3 is 10.4 Å². The van der Waals surface area contributed by atoms with Gasteiger partial charge in [-0.25, -0.2) is 13.2 Å². The molecule has 1 atom stereocenters. The molecule has 0 radical (unpaired) electrons. The van der Waals surface area contributed by atoms with E-state index in [9.17, 15) is 13.2 Å². The lowest BCUT2D eigenvalue weighted by Crippen LogP contribution is -2.09. The van der Waals surface area contributed by atoms with E-state index in [1.165, 1.54) is 36.7 Å². The molecule has 0 bridgehead atoms. The topological polar surface area (TPSA) is 57.5 Å². The summed E-state index contributed by atoms with van der Waals surface area (Å²) in [6, 6.07) is 3.97. The highest BCUT2D eigenvalue weighted by Crippen LogP contribution is 2.39. The fourth-order valence-electron chi connectivity index (χ4n) is 4.36. The molecule has 1 aliphatic rings. The molecule has 0 amide bonds. The van der Waals surface area contributed by atoms with Crippen molar-refractivity contribution in [3.8, 4) is 24.7 Å². The second-order valence-corrected chi connectivity index (χ2v) is 9.10. The van der Waals surface area contributed by atoms with E-state index in [1.54, 1.807) is 13.0 Å². The van der Waals surface area contributed by atoms with Gasteiger partial charge >= 0.3 is 0 Å². The molecule has 210 valence electrons. The maximum Gasteiger partial charge on any atom is 0.152 e. The number of aliphatic imine (C=N–C) groups is 1. The van der Waals surface area contributed by atoms with Crippen LogP contribution in [0.5, 0.6) is 0 Å². The van der Waals surface area contributed by atoms with Crippen molar-refractivity contribution in [3.63, 3.8) is 0 Å². The summed E-state index contributed by atoms with van der Waals surface area (Å²) in [5.41, 5.74) is 5.06. The van der Waals surface area contributed by atoms with Crippen LogP contribution in [0.2, 0.25) is 0 Å². The number of anilines is 1. The molecule has 2 aromatic rings. The van der Waals surface area contributed by atoms with E-state index >= 15 is 0 Å². The average Bonchev–Trinajstić information content (AvgIpc) is 3.12. The first-order valence-electron chi connectivity index (χ1n) is 12.8. The summed E-state index contributed by atoms with van der Waals surface area (Å²) in [6.45, 7) is 8.87. The minimum Gasteiger partial charge on any atom is -0.377 e. The number of benzene rings is 1. The van der Waals surface area contributed by atoms with Crippen molar-refractivity contribution in [2.45, 2.75) is 52.4 Å². The first kappa shape index (κ1) is 31.9. The van der Waals surface area contributed by atoms with E-state index in [2.05, 4.69) is 33.7 Å². The predicted molar refractivity (Wildman–Crippen MR) is 159 cm³/mol. The van der Waals surface area contributed by atoms with Gasteiger partial charge in [-0.15, -0.1) is 19.4 Å². The normalized spacial score (nSPS) is 16.6. The molecule has 0 saturated carbocycles. The first-order chi connectivity index (χ1) is 19.2. The molecule has 0 aliphatic heterocycles. The number of rotatable bonds is 7. The molecule has 3 rings (SSSR count). The first-order valence-corrected chi connectivity index (χ1v) is 12.8. The number of aryl methyl sites for hydroxylation is 2. The smallest absolute Gasteiger partial charge is 0.152 e. The lowest BCUT2D eigenvalue weighted by Gasteiger charge is -2.18. The summed E-state index contributed by atoms with van der Waals surface area (Å²) >= 11 is 0. The van der Waals surface area contributed by atoms with Crippen molar-refractivity contribution < 1.29 is 19.7 Å². The third-order valence-corrected chi connectivity index (χ3v) is 6.50. The molecule has 0 spiro atoms. The number of hydrogen-bond donors (Lipinski definition) is 2. The number of pyridine rings is 1. The lowest BCUT2D eigenvalue weighted by molar-refractivity contribution is 0.324. The Hall–Kier alpha value is -4.33. The number of halogens is 3. The second-order valence-electron chi connectivity index (χ2n) is 9.10. The number of aromatic nitrogens is 1. The summed E-state index contributed by atoms with van der Waals surface area (Å²) in [5, 5.41) is 11.6. The zero-order chi connectivity index (χ0) is 29.7. The van der Waals surface area contributed by atoms with Crippen LogP contribution in [0.3, 0.4) is 0 Å². The largest absolute Gasteiger partial charge is 0.377 e. The third kappa shape index (κ3) is 8.59. The Morgan fingerprint density at radius 1 is 1.30 bits per heavy atom. The van der Waals surface area contributed by atoms with Gasteiger partial charge in [0.05, 0.1) is 17.6 Å². The van der Waals surface area contributed by atoms with E-state index in [0.717, 1.165) is 22.4 Å². The number of hydrogen-bond acceptors (Lipinski definition) is 4. The molecule has 1 aromatic heterocycles. The summed E-state index contributed by atoms with van der Waals surface area (Å²) in [6.07, 6.45) is 21.1. The van der Waals surface area contributed by atoms with Crippen LogP contribution in [-0.2, 0) is 0 Å². The Morgan fingerprint density at radius 2 is 2.05 bits per heavy atom. The zero-order valence-electron chi connectivity index (χ0n) is 23.1. The highest BCUT2D eigenvalue weighted by atomic mass is 19.1. The average molecular weight is 548 g/mol. The summed E-state index contributed by atoms with van der Waals surface area (Å²) in [4.78, 5) is 8.11. The molecule has 0 fully saturated rings. The third-order valence-electron chi connectivity index (χ3n) is 6.50. The van der Waals surface area contributed by atoms with Gasteiger partial charge in [0.2, 0.25) is 0 Å². The van der Waals surface area contributed by atoms with Crippen LogP contribution in [0.1, 0.15) is 56.8 Å². The van der Waals surface area contributed by atoms with Gasteiger partial charge in [0.25, 0.3) is 0 Å². The quantitative estimate of drug-likeness (QED) is 0.162. The SMILES string of the molecule is C#C\C=C/N=C(C)\C(C#C)=C1/CC[C@@H](c2c(F)ccc(NCO)c2F)CC=C1CC=C.Cc1cc(F)cnc1C.[HH]. The van der Waals surface area contributed by atoms with Gasteiger partial charge in [-0.05, 0) is 87.3 Å². The molecule has 2 N–H and O–H groups in total. The standard InChI is InChI=1S/C26H26F2N2O.C7H8FN.H2/c1-5-8-16-29-18(4)21(7-3)22-13-12-20(11-10-19(22)9-6-2)25-23(27)14-15-24(26(25)28)30-17-31;1-5-3-7(8)4-9-6(5)2;/h1,3,6,8,10,14-16,20,30-31H,2,9,11-13,17H2,4H3;3-4H,1-2H3;1H/b16-8-,22-21+,29-18-;;/t20-;;/m0../s1. The van der Waals surface area contributed by atoms with Crippen LogP contribution in [0, 0.1) is 56.0 Å². The van der Waals surface area contributed by atoms with E-state index in [1.807, 2.05) is 19.9 Å². The second kappa shape index (κ2) is 15.9. The highest BCUT2D eigenvalue weighted by molar-refractivity contribution is 6.03. The number of nitrogens with zero attached hydrogens (tertiary/aromatic N) is 2. The summed E-state index contributed by atoms with van der Waals surface area (Å²) < 4.78 is 41.9. The van der Waals surface area contributed by atoms with Crippen molar-refractivity contribution in [2.24, 2.45) is 4.99 Å². The van der Waals surface area contributed by atoms with Gasteiger partial charge in [0.15, 0.2) is 5.82 Å². The molecule has 7 heteroatoms. The Morgan fingerprint density at radius 3 is 2.65 bits per heavy atom. The lowest BCUT2D eigenvalue weighted by atomic mass is 9.89. The van der Waals surface area contributed by atoms with E-state index in [4.69, 9.17) is 18.0 Å². The van der Waals surface area contributed by atoms with Gasteiger partial charge in [-0.1, -0.05) is 24.0 Å².